The highest BCUT2D eigenvalue weighted by Crippen LogP contribution is 2.15. The van der Waals surface area contributed by atoms with Gasteiger partial charge in [-0.25, -0.2) is 4.98 Å². The Balaban J connectivity index is 2.77. The van der Waals surface area contributed by atoms with Gasteiger partial charge in [0.15, 0.2) is 5.03 Å². The summed E-state index contributed by atoms with van der Waals surface area (Å²) in [6, 6.07) is 0. The van der Waals surface area contributed by atoms with Crippen molar-refractivity contribution >= 4 is 26.7 Å². The second kappa shape index (κ2) is 2.94. The molecule has 0 aromatic carbocycles. The standard InChI is InChI=1S/C5H5ClN2S/c1-5(9-6)8-3-2-7-4-8/h2-4H,1H2/p+1. The Bertz CT molecular complexity index is 195. The van der Waals surface area contributed by atoms with Gasteiger partial charge in [-0.1, -0.05) is 0 Å². The first kappa shape index (κ1) is 6.71. The highest BCUT2D eigenvalue weighted by atomic mass is 35.7. The van der Waals surface area contributed by atoms with E-state index >= 15 is 0 Å². The molecule has 0 fully saturated rings. The normalized spacial score (nSPS) is 9.44. The molecule has 1 aromatic heterocycles. The average molecular weight is 162 g/mol. The number of aromatic amines is 1. The van der Waals surface area contributed by atoms with E-state index in [4.69, 9.17) is 10.7 Å². The number of halogens is 1. The first-order valence-electron chi connectivity index (χ1n) is 2.36. The van der Waals surface area contributed by atoms with Crippen molar-refractivity contribution in [2.45, 2.75) is 0 Å². The van der Waals surface area contributed by atoms with Crippen LogP contribution in [0.25, 0.3) is 5.03 Å². The Hall–Kier alpha value is -0.410. The minimum absolute atomic E-state index is 0.790. The molecule has 0 amide bonds. The molecular formula is C5H6ClN2S+. The van der Waals surface area contributed by atoms with Crippen molar-refractivity contribution < 1.29 is 4.57 Å². The van der Waals surface area contributed by atoms with Crippen LogP contribution in [-0.4, -0.2) is 4.98 Å². The maximum Gasteiger partial charge on any atom is 0.247 e. The predicted octanol–water partition coefficient (Wildman–Crippen LogP) is 1.62. The summed E-state index contributed by atoms with van der Waals surface area (Å²) < 4.78 is 1.80. The first-order chi connectivity index (χ1) is 4.34. The van der Waals surface area contributed by atoms with Gasteiger partial charge >= 0.3 is 0 Å². The van der Waals surface area contributed by atoms with Gasteiger partial charge in [-0.05, 0) is 17.3 Å². The molecule has 4 heteroatoms. The fraction of sp³-hybridized carbons (Fsp3) is 0. The Labute approximate surface area is 62.0 Å². The highest BCUT2D eigenvalue weighted by Gasteiger charge is 1.99. The topological polar surface area (TPSA) is 19.7 Å². The third kappa shape index (κ3) is 1.50. The van der Waals surface area contributed by atoms with E-state index in [0.717, 1.165) is 16.0 Å². The molecule has 0 saturated heterocycles. The molecule has 48 valence electrons. The minimum Gasteiger partial charge on any atom is -0.250 e. The lowest BCUT2D eigenvalue weighted by atomic mass is 10.8. The SMILES string of the molecule is C=C(SCl)[n+]1cc[nH]c1. The molecule has 1 N–H and O–H groups in total. The summed E-state index contributed by atoms with van der Waals surface area (Å²) >= 11 is 0. The predicted molar refractivity (Wildman–Crippen MR) is 39.8 cm³/mol. The zero-order valence-corrected chi connectivity index (χ0v) is 6.25. The third-order valence-electron chi connectivity index (χ3n) is 0.922. The maximum absolute atomic E-state index is 5.43. The van der Waals surface area contributed by atoms with Crippen LogP contribution in [0.2, 0.25) is 0 Å². The summed E-state index contributed by atoms with van der Waals surface area (Å²) in [6.45, 7) is 3.69. The largest absolute Gasteiger partial charge is 0.250 e. The molecule has 0 bridgehead atoms. The van der Waals surface area contributed by atoms with Crippen LogP contribution in [0, 0.1) is 0 Å². The van der Waals surface area contributed by atoms with E-state index < -0.39 is 0 Å². The van der Waals surface area contributed by atoms with Gasteiger partial charge in [0.05, 0.1) is 0 Å². The smallest absolute Gasteiger partial charge is 0.247 e. The van der Waals surface area contributed by atoms with Gasteiger partial charge in [-0.3, -0.25) is 0 Å². The Morgan fingerprint density at radius 1 is 1.78 bits per heavy atom. The second-order valence-electron chi connectivity index (χ2n) is 1.49. The summed E-state index contributed by atoms with van der Waals surface area (Å²) in [7, 11) is 6.53. The van der Waals surface area contributed by atoms with Crippen LogP contribution in [0.4, 0.5) is 0 Å². The van der Waals surface area contributed by atoms with Crippen molar-refractivity contribution in [2.75, 3.05) is 0 Å². The van der Waals surface area contributed by atoms with E-state index in [1.165, 1.54) is 0 Å². The summed E-state index contributed by atoms with van der Waals surface area (Å²) in [5, 5.41) is 0.790. The monoisotopic (exact) mass is 161 g/mol. The van der Waals surface area contributed by atoms with E-state index in [9.17, 15) is 0 Å². The number of imidazole rings is 1. The summed E-state index contributed by atoms with van der Waals surface area (Å²) in [4.78, 5) is 2.88. The minimum atomic E-state index is 0.790. The van der Waals surface area contributed by atoms with Gasteiger partial charge in [-0.15, -0.1) is 0 Å². The lowest BCUT2D eigenvalue weighted by Crippen LogP contribution is -2.25. The zero-order chi connectivity index (χ0) is 6.69. The molecule has 2 nitrogen and oxygen atoms in total. The van der Waals surface area contributed by atoms with Crippen LogP contribution in [0.5, 0.6) is 0 Å². The lowest BCUT2D eigenvalue weighted by molar-refractivity contribution is -0.571. The Kier molecular flexibility index (Phi) is 2.19. The molecule has 1 aromatic rings. The van der Waals surface area contributed by atoms with Crippen LogP contribution in [0.3, 0.4) is 0 Å². The lowest BCUT2D eigenvalue weighted by Gasteiger charge is -1.88. The molecule has 0 unspecified atom stereocenters. The van der Waals surface area contributed by atoms with Gasteiger partial charge in [0, 0.05) is 11.0 Å². The van der Waals surface area contributed by atoms with E-state index in [0.29, 0.717) is 0 Å². The molecule has 0 atom stereocenters. The fourth-order valence-electron chi connectivity index (χ4n) is 0.485. The van der Waals surface area contributed by atoms with Crippen molar-refractivity contribution in [3.8, 4) is 0 Å². The van der Waals surface area contributed by atoms with Crippen LogP contribution in [0.15, 0.2) is 25.3 Å². The molecule has 9 heavy (non-hydrogen) atoms. The molecule has 0 spiro atoms. The fourth-order valence-corrected chi connectivity index (χ4v) is 0.917. The number of hydrogen-bond acceptors (Lipinski definition) is 1. The summed E-state index contributed by atoms with van der Waals surface area (Å²) in [5.74, 6) is 0. The van der Waals surface area contributed by atoms with Gasteiger partial charge in [0.2, 0.25) is 6.33 Å². The van der Waals surface area contributed by atoms with Gasteiger partial charge in [0.1, 0.15) is 12.4 Å². The molecule has 0 aliphatic carbocycles. The van der Waals surface area contributed by atoms with Crippen molar-refractivity contribution in [1.82, 2.24) is 4.98 Å². The molecule has 0 aliphatic rings. The Morgan fingerprint density at radius 2 is 2.56 bits per heavy atom. The number of aromatic nitrogens is 2. The number of rotatable bonds is 2. The molecule has 0 radical (unpaired) electrons. The van der Waals surface area contributed by atoms with Crippen LogP contribution in [0.1, 0.15) is 0 Å². The molecule has 0 aliphatic heterocycles. The number of H-pyrrole nitrogens is 1. The summed E-state index contributed by atoms with van der Waals surface area (Å²) in [5.41, 5.74) is 0. The quantitative estimate of drug-likeness (QED) is 0.654. The van der Waals surface area contributed by atoms with E-state index in [2.05, 4.69) is 11.6 Å². The van der Waals surface area contributed by atoms with Crippen LogP contribution in [-0.2, 0) is 0 Å². The molecule has 1 rings (SSSR count). The van der Waals surface area contributed by atoms with E-state index in [1.54, 1.807) is 17.1 Å². The van der Waals surface area contributed by atoms with Gasteiger partial charge in [0.25, 0.3) is 0 Å². The van der Waals surface area contributed by atoms with Crippen LogP contribution < -0.4 is 4.57 Å². The number of nitrogens with one attached hydrogen (secondary N) is 1. The van der Waals surface area contributed by atoms with Crippen molar-refractivity contribution in [1.29, 1.82) is 0 Å². The number of hydrogen-bond donors (Lipinski definition) is 1. The van der Waals surface area contributed by atoms with Crippen molar-refractivity contribution in [2.24, 2.45) is 0 Å². The van der Waals surface area contributed by atoms with Gasteiger partial charge < -0.3 is 0 Å². The molecule has 1 heterocycles. The average Bonchev–Trinajstić information content (AvgIpc) is 2.37. The van der Waals surface area contributed by atoms with Crippen molar-refractivity contribution in [3.05, 3.63) is 25.3 Å². The second-order valence-corrected chi connectivity index (χ2v) is 2.58. The van der Waals surface area contributed by atoms with Gasteiger partial charge in [-0.2, -0.15) is 4.57 Å². The third-order valence-corrected chi connectivity index (χ3v) is 1.85. The molecule has 0 saturated carbocycles. The summed E-state index contributed by atoms with van der Waals surface area (Å²) in [6.07, 6.45) is 5.42. The number of nitrogens with zero attached hydrogens (tertiary/aromatic N) is 1. The highest BCUT2D eigenvalue weighted by molar-refractivity contribution is 8.27. The van der Waals surface area contributed by atoms with E-state index in [-0.39, 0.29) is 0 Å². The maximum atomic E-state index is 5.43. The van der Waals surface area contributed by atoms with Crippen molar-refractivity contribution in [3.63, 3.8) is 0 Å². The molecular weight excluding hydrogens is 156 g/mol. The zero-order valence-electron chi connectivity index (χ0n) is 4.67. The van der Waals surface area contributed by atoms with Crippen LogP contribution >= 0.6 is 21.7 Å². The van der Waals surface area contributed by atoms with E-state index in [1.807, 2.05) is 6.20 Å². The Morgan fingerprint density at radius 3 is 3.00 bits per heavy atom. The first-order valence-corrected chi connectivity index (χ1v) is 4.01.